The molecule has 0 bridgehead atoms. The molecule has 1 unspecified atom stereocenters. The Morgan fingerprint density at radius 1 is 0.943 bits per heavy atom. The molecule has 0 saturated heterocycles. The van der Waals surface area contributed by atoms with Crippen LogP contribution >= 0.6 is 9.24 Å². The summed E-state index contributed by atoms with van der Waals surface area (Å²) in [5, 5.41) is 18.6. The van der Waals surface area contributed by atoms with Gasteiger partial charge in [0.05, 0.1) is 30.9 Å². The van der Waals surface area contributed by atoms with Gasteiger partial charge < -0.3 is 19.3 Å². The van der Waals surface area contributed by atoms with E-state index in [9.17, 15) is 10.1 Å². The van der Waals surface area contributed by atoms with Crippen molar-refractivity contribution >= 4 is 38.7 Å². The Bertz CT molecular complexity index is 1110. The van der Waals surface area contributed by atoms with Crippen LogP contribution in [0.5, 0.6) is 0 Å². The molecule has 0 fully saturated rings. The third kappa shape index (κ3) is 9.63. The van der Waals surface area contributed by atoms with Crippen molar-refractivity contribution in [3.8, 4) is 12.1 Å². The highest BCUT2D eigenvalue weighted by molar-refractivity contribution is 7.23. The molecule has 0 saturated carbocycles. The van der Waals surface area contributed by atoms with Gasteiger partial charge in [-0.3, -0.25) is 4.79 Å². The first-order valence-electron chi connectivity index (χ1n) is 11.2. The van der Waals surface area contributed by atoms with Gasteiger partial charge >= 0.3 is 5.97 Å². The number of esters is 1. The normalized spacial score (nSPS) is 11.4. The Morgan fingerprint density at radius 3 is 2.06 bits per heavy atom. The van der Waals surface area contributed by atoms with Gasteiger partial charge in [0.15, 0.2) is 0 Å². The van der Waals surface area contributed by atoms with Gasteiger partial charge in [0.1, 0.15) is 13.2 Å². The van der Waals surface area contributed by atoms with Crippen LogP contribution < -0.4 is 9.80 Å². The lowest BCUT2D eigenvalue weighted by atomic mass is 10.1. The van der Waals surface area contributed by atoms with Gasteiger partial charge in [-0.05, 0) is 54.5 Å². The van der Waals surface area contributed by atoms with E-state index in [1.165, 1.54) is 0 Å². The number of nitrogens with zero attached hydrogens (tertiary/aromatic N) is 4. The second-order valence-corrected chi connectivity index (χ2v) is 8.43. The van der Waals surface area contributed by atoms with Crippen molar-refractivity contribution < 1.29 is 14.3 Å². The summed E-state index contributed by atoms with van der Waals surface area (Å²) in [5.41, 5.74) is 4.27. The van der Waals surface area contributed by atoms with Gasteiger partial charge in [-0.1, -0.05) is 33.5 Å². The lowest BCUT2D eigenvalue weighted by molar-refractivity contribution is -0.141. The minimum absolute atomic E-state index is 0.129. The maximum atomic E-state index is 12.3. The maximum Gasteiger partial charge on any atom is 0.325 e. The Balaban J connectivity index is 1.81. The summed E-state index contributed by atoms with van der Waals surface area (Å²) in [6.45, 7) is 3.70. The number of carbonyl (C=O) groups excluding carboxylic acids is 1. The zero-order valence-electron chi connectivity index (χ0n) is 20.4. The largest absolute Gasteiger partial charge is 0.462 e. The van der Waals surface area contributed by atoms with Gasteiger partial charge in [0, 0.05) is 37.4 Å². The van der Waals surface area contributed by atoms with E-state index >= 15 is 0 Å². The van der Waals surface area contributed by atoms with Crippen molar-refractivity contribution in [3.05, 3.63) is 70.5 Å². The first-order chi connectivity index (χ1) is 16.9. The van der Waals surface area contributed by atoms with E-state index < -0.39 is 0 Å². The first kappa shape index (κ1) is 27.6. The Hall–Kier alpha value is -3.64. The predicted molar refractivity (Wildman–Crippen MR) is 144 cm³/mol. The zero-order chi connectivity index (χ0) is 25.6. The molecule has 8 heteroatoms. The molecule has 2 aromatic carbocycles. The molecule has 0 aliphatic carbocycles. The van der Waals surface area contributed by atoms with E-state index in [1.54, 1.807) is 12.2 Å². The molecule has 0 N–H and O–H groups in total. The van der Waals surface area contributed by atoms with Crippen LogP contribution in [0.2, 0.25) is 0 Å². The average molecular weight is 491 g/mol. The van der Waals surface area contributed by atoms with E-state index in [1.807, 2.05) is 79.3 Å². The predicted octanol–water partition coefficient (Wildman–Crippen LogP) is 4.49. The number of anilines is 2. The second kappa shape index (κ2) is 14.6. The quantitative estimate of drug-likeness (QED) is 0.246. The number of nitriles is 2. The van der Waals surface area contributed by atoms with Crippen LogP contribution in [0, 0.1) is 22.7 Å². The van der Waals surface area contributed by atoms with Gasteiger partial charge in [0.25, 0.3) is 0 Å². The van der Waals surface area contributed by atoms with Crippen LogP contribution in [-0.4, -0.2) is 53.0 Å². The first-order valence-corrected chi connectivity index (χ1v) is 11.8. The molecule has 1 atom stereocenters. The Kier molecular flexibility index (Phi) is 11.5. The molecule has 0 amide bonds. The summed E-state index contributed by atoms with van der Waals surface area (Å²) in [6, 6.07) is 19.6. The van der Waals surface area contributed by atoms with E-state index in [2.05, 4.69) is 21.4 Å². The van der Waals surface area contributed by atoms with Crippen molar-refractivity contribution in [3.63, 3.8) is 0 Å². The minimum Gasteiger partial charge on any atom is -0.462 e. The third-order valence-corrected chi connectivity index (χ3v) is 5.42. The van der Waals surface area contributed by atoms with Crippen molar-refractivity contribution in [2.45, 2.75) is 6.92 Å². The zero-order valence-corrected chi connectivity index (χ0v) is 21.6. The minimum atomic E-state index is -0.307. The summed E-state index contributed by atoms with van der Waals surface area (Å²) < 4.78 is 10.7. The molecular formula is C27H31N4O3P. The summed E-state index contributed by atoms with van der Waals surface area (Å²) in [6.07, 6.45) is 3.59. The molecule has 0 spiro atoms. The monoisotopic (exact) mass is 490 g/mol. The number of rotatable bonds is 12. The van der Waals surface area contributed by atoms with E-state index in [0.717, 1.165) is 22.5 Å². The SMILES string of the molecule is CCOC/C(C#N)=C/c1ccc(N(C)CC(=O)OCCN(C)c2ccc(/C=C(/P)C#N)cc2)cc1. The fraction of sp³-hybridized carbons (Fsp3) is 0.296. The fourth-order valence-corrected chi connectivity index (χ4v) is 3.33. The van der Waals surface area contributed by atoms with Crippen molar-refractivity contribution in [1.29, 1.82) is 10.5 Å². The Morgan fingerprint density at radius 2 is 1.51 bits per heavy atom. The lowest BCUT2D eigenvalue weighted by Gasteiger charge is -2.21. The summed E-state index contributed by atoms with van der Waals surface area (Å²) >= 11 is 0. The molecule has 0 aliphatic rings. The maximum absolute atomic E-state index is 12.3. The van der Waals surface area contributed by atoms with Crippen LogP contribution in [-0.2, 0) is 14.3 Å². The number of likely N-dealkylation sites (N-methyl/N-ethyl adjacent to an activating group) is 2. The molecule has 2 aromatic rings. The van der Waals surface area contributed by atoms with E-state index in [0.29, 0.717) is 30.6 Å². The van der Waals surface area contributed by atoms with Crippen molar-refractivity contribution in [2.75, 3.05) is 56.8 Å². The van der Waals surface area contributed by atoms with Crippen LogP contribution in [0.15, 0.2) is 59.4 Å². The van der Waals surface area contributed by atoms with Gasteiger partial charge in [-0.25, -0.2) is 0 Å². The second-order valence-electron chi connectivity index (χ2n) is 7.81. The molecule has 182 valence electrons. The van der Waals surface area contributed by atoms with Gasteiger partial charge in [0.2, 0.25) is 0 Å². The molecule has 0 aromatic heterocycles. The standard InChI is InChI=1S/C27H31N4O3P/c1-4-33-20-23(17-28)15-21-5-11-25(12-6-21)31(3)19-27(32)34-14-13-30(2)24-9-7-22(8-10-24)16-26(35)18-29/h5-12,15-16H,4,13-14,19-20,35H2,1-3H3/b23-15+,26-16+. The average Bonchev–Trinajstić information content (AvgIpc) is 2.87. The lowest BCUT2D eigenvalue weighted by Crippen LogP contribution is -2.30. The smallest absolute Gasteiger partial charge is 0.325 e. The number of benzene rings is 2. The van der Waals surface area contributed by atoms with Gasteiger partial charge in [-0.15, -0.1) is 0 Å². The molecule has 0 aliphatic heterocycles. The summed E-state index contributed by atoms with van der Waals surface area (Å²) in [7, 11) is 6.16. The van der Waals surface area contributed by atoms with E-state index in [-0.39, 0.29) is 19.1 Å². The molecule has 35 heavy (non-hydrogen) atoms. The number of hydrogen-bond acceptors (Lipinski definition) is 7. The van der Waals surface area contributed by atoms with Crippen molar-refractivity contribution in [1.82, 2.24) is 0 Å². The highest BCUT2D eigenvalue weighted by atomic mass is 31.0. The Labute approximate surface area is 210 Å². The number of allylic oxidation sites excluding steroid dienone is 1. The topological polar surface area (TPSA) is 89.6 Å². The fourth-order valence-electron chi connectivity index (χ4n) is 3.14. The molecular weight excluding hydrogens is 459 g/mol. The van der Waals surface area contributed by atoms with Crippen LogP contribution in [0.1, 0.15) is 18.1 Å². The van der Waals surface area contributed by atoms with Crippen LogP contribution in [0.3, 0.4) is 0 Å². The molecule has 0 heterocycles. The summed E-state index contributed by atoms with van der Waals surface area (Å²) in [5.74, 6) is -0.307. The highest BCUT2D eigenvalue weighted by Crippen LogP contribution is 2.18. The highest BCUT2D eigenvalue weighted by Gasteiger charge is 2.10. The summed E-state index contributed by atoms with van der Waals surface area (Å²) in [4.78, 5) is 16.1. The third-order valence-electron chi connectivity index (χ3n) is 5.12. The molecule has 0 radical (unpaired) electrons. The van der Waals surface area contributed by atoms with E-state index in [4.69, 9.17) is 14.7 Å². The molecule has 7 nitrogen and oxygen atoms in total. The van der Waals surface area contributed by atoms with Crippen LogP contribution in [0.25, 0.3) is 12.2 Å². The van der Waals surface area contributed by atoms with Crippen molar-refractivity contribution in [2.24, 2.45) is 0 Å². The number of carbonyl (C=O) groups is 1. The number of hydrogen-bond donors (Lipinski definition) is 0. The molecule has 2 rings (SSSR count). The number of ether oxygens (including phenoxy) is 2. The van der Waals surface area contributed by atoms with Gasteiger partial charge in [-0.2, -0.15) is 10.5 Å². The van der Waals surface area contributed by atoms with Crippen LogP contribution in [0.4, 0.5) is 11.4 Å².